The van der Waals surface area contributed by atoms with Crippen molar-refractivity contribution in [3.05, 3.63) is 56.7 Å². The SMILES string of the molecule is CC(NC(=O)c1c[nH]c(=O)[nH]1)c1ccc(Br)cc1. The molecule has 0 aliphatic carbocycles. The van der Waals surface area contributed by atoms with Gasteiger partial charge in [0, 0.05) is 10.7 Å². The van der Waals surface area contributed by atoms with Gasteiger partial charge in [-0.15, -0.1) is 0 Å². The number of H-pyrrole nitrogens is 2. The van der Waals surface area contributed by atoms with Crippen LogP contribution in [0.2, 0.25) is 0 Å². The van der Waals surface area contributed by atoms with Gasteiger partial charge in [-0.3, -0.25) is 4.79 Å². The van der Waals surface area contributed by atoms with Crippen molar-refractivity contribution in [2.75, 3.05) is 0 Å². The van der Waals surface area contributed by atoms with Crippen molar-refractivity contribution >= 4 is 21.8 Å². The van der Waals surface area contributed by atoms with Gasteiger partial charge in [0.2, 0.25) is 0 Å². The molecule has 1 aromatic carbocycles. The van der Waals surface area contributed by atoms with Crippen LogP contribution in [0.25, 0.3) is 0 Å². The zero-order chi connectivity index (χ0) is 13.1. The molecule has 1 heterocycles. The van der Waals surface area contributed by atoms with Gasteiger partial charge in [0.05, 0.1) is 6.04 Å². The van der Waals surface area contributed by atoms with Crippen LogP contribution >= 0.6 is 15.9 Å². The van der Waals surface area contributed by atoms with Gasteiger partial charge in [0.15, 0.2) is 0 Å². The number of imidazole rings is 1. The van der Waals surface area contributed by atoms with E-state index >= 15 is 0 Å². The summed E-state index contributed by atoms with van der Waals surface area (Å²) in [6, 6.07) is 7.54. The maximum absolute atomic E-state index is 11.8. The number of rotatable bonds is 3. The Hall–Kier alpha value is -1.82. The molecule has 0 saturated carbocycles. The minimum absolute atomic E-state index is 0.135. The molecule has 0 aliphatic heterocycles. The highest BCUT2D eigenvalue weighted by Crippen LogP contribution is 2.16. The topological polar surface area (TPSA) is 77.8 Å². The number of benzene rings is 1. The third-order valence-electron chi connectivity index (χ3n) is 2.56. The predicted octanol–water partition coefficient (Wildman–Crippen LogP) is 1.96. The van der Waals surface area contributed by atoms with Gasteiger partial charge in [0.1, 0.15) is 5.69 Å². The van der Waals surface area contributed by atoms with Gasteiger partial charge in [-0.2, -0.15) is 0 Å². The summed E-state index contributed by atoms with van der Waals surface area (Å²) in [4.78, 5) is 27.5. The molecule has 0 aliphatic rings. The molecule has 1 atom stereocenters. The first-order chi connectivity index (χ1) is 8.56. The Morgan fingerprint density at radius 3 is 2.56 bits per heavy atom. The Balaban J connectivity index is 2.07. The van der Waals surface area contributed by atoms with Gasteiger partial charge >= 0.3 is 5.69 Å². The van der Waals surface area contributed by atoms with Gasteiger partial charge in [0.25, 0.3) is 5.91 Å². The molecule has 0 saturated heterocycles. The first-order valence-electron chi connectivity index (χ1n) is 5.40. The third-order valence-corrected chi connectivity index (χ3v) is 3.09. The van der Waals surface area contributed by atoms with E-state index in [-0.39, 0.29) is 17.6 Å². The molecule has 18 heavy (non-hydrogen) atoms. The summed E-state index contributed by atoms with van der Waals surface area (Å²) in [7, 11) is 0. The molecule has 0 bridgehead atoms. The van der Waals surface area contributed by atoms with Gasteiger partial charge in [-0.05, 0) is 24.6 Å². The maximum Gasteiger partial charge on any atom is 0.323 e. The van der Waals surface area contributed by atoms with Crippen molar-refractivity contribution in [1.82, 2.24) is 15.3 Å². The number of aromatic amines is 2. The minimum atomic E-state index is -0.392. The molecule has 1 unspecified atom stereocenters. The van der Waals surface area contributed by atoms with E-state index < -0.39 is 5.69 Å². The standard InChI is InChI=1S/C12H12BrN3O2/c1-7(8-2-4-9(13)5-3-8)15-11(17)10-6-14-12(18)16-10/h2-7H,1H3,(H,15,17)(H2,14,16,18). The van der Waals surface area contributed by atoms with Crippen LogP contribution in [-0.2, 0) is 0 Å². The second kappa shape index (κ2) is 5.22. The lowest BCUT2D eigenvalue weighted by Crippen LogP contribution is -2.27. The number of carbonyl (C=O) groups excluding carboxylic acids is 1. The molecule has 1 aromatic heterocycles. The van der Waals surface area contributed by atoms with Crippen LogP contribution in [0.1, 0.15) is 29.0 Å². The third kappa shape index (κ3) is 2.89. The van der Waals surface area contributed by atoms with Crippen LogP contribution in [0.4, 0.5) is 0 Å². The van der Waals surface area contributed by atoms with Crippen molar-refractivity contribution in [2.45, 2.75) is 13.0 Å². The molecule has 3 N–H and O–H groups in total. The zero-order valence-corrected chi connectivity index (χ0v) is 11.2. The number of carbonyl (C=O) groups is 1. The summed E-state index contributed by atoms with van der Waals surface area (Å²) in [5.74, 6) is -0.316. The lowest BCUT2D eigenvalue weighted by atomic mass is 10.1. The quantitative estimate of drug-likeness (QED) is 0.810. The molecule has 94 valence electrons. The van der Waals surface area contributed by atoms with Gasteiger partial charge < -0.3 is 15.3 Å². The van der Waals surface area contributed by atoms with E-state index in [1.54, 1.807) is 0 Å². The fourth-order valence-corrected chi connectivity index (χ4v) is 1.83. The molecular formula is C12H12BrN3O2. The van der Waals surface area contributed by atoms with E-state index in [2.05, 4.69) is 31.2 Å². The number of aromatic nitrogens is 2. The number of hydrogen-bond donors (Lipinski definition) is 3. The Labute approximate surface area is 112 Å². The predicted molar refractivity (Wildman–Crippen MR) is 71.4 cm³/mol. The van der Waals surface area contributed by atoms with E-state index in [1.807, 2.05) is 31.2 Å². The average Bonchev–Trinajstić information content (AvgIpc) is 2.76. The van der Waals surface area contributed by atoms with E-state index in [0.29, 0.717) is 0 Å². The minimum Gasteiger partial charge on any atom is -0.344 e. The summed E-state index contributed by atoms with van der Waals surface area (Å²) in [5, 5.41) is 2.80. The zero-order valence-electron chi connectivity index (χ0n) is 9.66. The average molecular weight is 310 g/mol. The van der Waals surface area contributed by atoms with Crippen molar-refractivity contribution in [2.24, 2.45) is 0 Å². The smallest absolute Gasteiger partial charge is 0.323 e. The first kappa shape index (κ1) is 12.6. The lowest BCUT2D eigenvalue weighted by Gasteiger charge is -2.13. The highest BCUT2D eigenvalue weighted by molar-refractivity contribution is 9.10. The summed E-state index contributed by atoms with van der Waals surface area (Å²) in [6.07, 6.45) is 1.35. The fourth-order valence-electron chi connectivity index (χ4n) is 1.56. The Morgan fingerprint density at radius 2 is 2.00 bits per heavy atom. The summed E-state index contributed by atoms with van der Waals surface area (Å²) in [5.41, 5.74) is 0.824. The number of hydrogen-bond acceptors (Lipinski definition) is 2. The summed E-state index contributed by atoms with van der Waals surface area (Å²) < 4.78 is 0.986. The maximum atomic E-state index is 11.8. The van der Waals surface area contributed by atoms with Gasteiger partial charge in [-0.25, -0.2) is 4.79 Å². The van der Waals surface area contributed by atoms with Crippen molar-refractivity contribution in [1.29, 1.82) is 0 Å². The van der Waals surface area contributed by atoms with Crippen molar-refractivity contribution in [3.8, 4) is 0 Å². The molecule has 2 rings (SSSR count). The number of halogens is 1. The first-order valence-corrected chi connectivity index (χ1v) is 6.19. The molecule has 0 spiro atoms. The number of nitrogens with one attached hydrogen (secondary N) is 3. The van der Waals surface area contributed by atoms with Gasteiger partial charge in [-0.1, -0.05) is 28.1 Å². The van der Waals surface area contributed by atoms with Crippen molar-refractivity contribution in [3.63, 3.8) is 0 Å². The molecular weight excluding hydrogens is 298 g/mol. The molecule has 5 nitrogen and oxygen atoms in total. The summed E-state index contributed by atoms with van der Waals surface area (Å²) in [6.45, 7) is 1.88. The molecule has 0 radical (unpaired) electrons. The van der Waals surface area contributed by atoms with Crippen LogP contribution in [0.15, 0.2) is 39.7 Å². The molecule has 1 amide bonds. The fraction of sp³-hybridized carbons (Fsp3) is 0.167. The van der Waals surface area contributed by atoms with Crippen LogP contribution in [0, 0.1) is 0 Å². The van der Waals surface area contributed by atoms with E-state index in [1.165, 1.54) is 6.20 Å². The van der Waals surface area contributed by atoms with Crippen LogP contribution < -0.4 is 11.0 Å². The Bertz CT molecular complexity index is 600. The lowest BCUT2D eigenvalue weighted by molar-refractivity contribution is 0.0935. The van der Waals surface area contributed by atoms with E-state index in [4.69, 9.17) is 0 Å². The highest BCUT2D eigenvalue weighted by Gasteiger charge is 2.12. The van der Waals surface area contributed by atoms with Crippen molar-refractivity contribution < 1.29 is 4.79 Å². The highest BCUT2D eigenvalue weighted by atomic mass is 79.9. The normalized spacial score (nSPS) is 12.1. The second-order valence-corrected chi connectivity index (χ2v) is 4.82. The molecule has 6 heteroatoms. The monoisotopic (exact) mass is 309 g/mol. The van der Waals surface area contributed by atoms with E-state index in [0.717, 1.165) is 10.0 Å². The Morgan fingerprint density at radius 1 is 1.33 bits per heavy atom. The van der Waals surface area contributed by atoms with E-state index in [9.17, 15) is 9.59 Å². The Kier molecular flexibility index (Phi) is 3.66. The molecule has 0 fully saturated rings. The number of amides is 1. The van der Waals surface area contributed by atoms with Crippen LogP contribution in [0.3, 0.4) is 0 Å². The molecule has 2 aromatic rings. The largest absolute Gasteiger partial charge is 0.344 e. The second-order valence-electron chi connectivity index (χ2n) is 3.90. The van der Waals surface area contributed by atoms with Crippen LogP contribution in [0.5, 0.6) is 0 Å². The van der Waals surface area contributed by atoms with Crippen LogP contribution in [-0.4, -0.2) is 15.9 Å². The summed E-state index contributed by atoms with van der Waals surface area (Å²) >= 11 is 3.35.